The van der Waals surface area contributed by atoms with Gasteiger partial charge < -0.3 is 10.1 Å². The van der Waals surface area contributed by atoms with Crippen molar-refractivity contribution in [2.45, 2.75) is 20.1 Å². The maximum absolute atomic E-state index is 13.5. The summed E-state index contributed by atoms with van der Waals surface area (Å²) < 4.78 is 45.8. The molecule has 2 aromatic carbocycles. The molecule has 0 radical (unpaired) electrons. The number of hydrogen-bond donors (Lipinski definition) is 1. The summed E-state index contributed by atoms with van der Waals surface area (Å²) in [6.07, 6.45) is 0. The van der Waals surface area contributed by atoms with E-state index in [1.165, 1.54) is 36.4 Å². The summed E-state index contributed by atoms with van der Waals surface area (Å²) in [5.74, 6) is -1.30. The van der Waals surface area contributed by atoms with Gasteiger partial charge in [-0.2, -0.15) is 0 Å². The van der Waals surface area contributed by atoms with Gasteiger partial charge in [-0.3, -0.25) is 0 Å². The fourth-order valence-electron chi connectivity index (χ4n) is 1.91. The van der Waals surface area contributed by atoms with Gasteiger partial charge in [-0.05, 0) is 36.9 Å². The molecular formula is C16H16F3NO. The summed E-state index contributed by atoms with van der Waals surface area (Å²) in [7, 11) is 0. The van der Waals surface area contributed by atoms with Crippen LogP contribution in [-0.4, -0.2) is 6.54 Å². The molecule has 0 fully saturated rings. The molecule has 0 aromatic heterocycles. The minimum atomic E-state index is -0.662. The van der Waals surface area contributed by atoms with Gasteiger partial charge >= 0.3 is 0 Å². The monoisotopic (exact) mass is 295 g/mol. The lowest BCUT2D eigenvalue weighted by molar-refractivity contribution is 0.288. The van der Waals surface area contributed by atoms with Crippen LogP contribution in [0.1, 0.15) is 18.1 Å². The van der Waals surface area contributed by atoms with Gasteiger partial charge in [0.05, 0.1) is 5.56 Å². The molecule has 0 aliphatic heterocycles. The second kappa shape index (κ2) is 7.13. The fraction of sp³-hybridized carbons (Fsp3) is 0.250. The van der Waals surface area contributed by atoms with Crippen LogP contribution in [-0.2, 0) is 13.2 Å². The molecule has 0 unspecified atom stereocenters. The zero-order valence-electron chi connectivity index (χ0n) is 11.6. The Morgan fingerprint density at radius 3 is 2.43 bits per heavy atom. The van der Waals surface area contributed by atoms with Crippen molar-refractivity contribution in [2.24, 2.45) is 0 Å². The van der Waals surface area contributed by atoms with Crippen molar-refractivity contribution in [2.75, 3.05) is 6.54 Å². The lowest BCUT2D eigenvalue weighted by atomic mass is 10.2. The number of benzene rings is 2. The molecule has 2 aromatic rings. The van der Waals surface area contributed by atoms with Crippen molar-refractivity contribution >= 4 is 0 Å². The second-order valence-electron chi connectivity index (χ2n) is 4.52. The van der Waals surface area contributed by atoms with Crippen LogP contribution in [0.3, 0.4) is 0 Å². The molecule has 21 heavy (non-hydrogen) atoms. The van der Waals surface area contributed by atoms with Crippen molar-refractivity contribution in [3.63, 3.8) is 0 Å². The molecule has 0 heterocycles. The summed E-state index contributed by atoms with van der Waals surface area (Å²) in [4.78, 5) is 0. The average Bonchev–Trinajstić information content (AvgIpc) is 2.46. The Labute approximate surface area is 121 Å². The van der Waals surface area contributed by atoms with E-state index in [9.17, 15) is 13.2 Å². The predicted molar refractivity (Wildman–Crippen MR) is 74.5 cm³/mol. The van der Waals surface area contributed by atoms with E-state index in [0.29, 0.717) is 17.9 Å². The quantitative estimate of drug-likeness (QED) is 0.875. The number of rotatable bonds is 6. The van der Waals surface area contributed by atoms with E-state index < -0.39 is 11.6 Å². The standard InChI is InChI=1S/C16H16F3NO/c1-2-20-9-11-8-12(17)6-7-16(11)21-10-13-14(18)4-3-5-15(13)19/h3-8,20H,2,9-10H2,1H3. The van der Waals surface area contributed by atoms with Gasteiger partial charge in [0.25, 0.3) is 0 Å². The maximum Gasteiger partial charge on any atom is 0.132 e. The molecule has 0 aliphatic rings. The summed E-state index contributed by atoms with van der Waals surface area (Å²) >= 11 is 0. The first kappa shape index (κ1) is 15.4. The second-order valence-corrected chi connectivity index (χ2v) is 4.52. The van der Waals surface area contributed by atoms with E-state index in [2.05, 4.69) is 5.32 Å². The van der Waals surface area contributed by atoms with Crippen LogP contribution in [0, 0.1) is 17.5 Å². The van der Waals surface area contributed by atoms with E-state index in [-0.39, 0.29) is 18.0 Å². The predicted octanol–water partition coefficient (Wildman–Crippen LogP) is 3.79. The van der Waals surface area contributed by atoms with Crippen molar-refractivity contribution in [1.82, 2.24) is 5.32 Å². The largest absolute Gasteiger partial charge is 0.488 e. The molecule has 0 atom stereocenters. The minimum absolute atomic E-state index is 0.142. The van der Waals surface area contributed by atoms with E-state index >= 15 is 0 Å². The van der Waals surface area contributed by atoms with Crippen molar-refractivity contribution in [3.8, 4) is 5.75 Å². The third kappa shape index (κ3) is 3.98. The normalized spacial score (nSPS) is 10.7. The van der Waals surface area contributed by atoms with Crippen LogP contribution in [0.4, 0.5) is 13.2 Å². The lowest BCUT2D eigenvalue weighted by Crippen LogP contribution is -2.13. The molecule has 0 saturated carbocycles. The molecule has 1 N–H and O–H groups in total. The van der Waals surface area contributed by atoms with Crippen LogP contribution in [0.15, 0.2) is 36.4 Å². The number of nitrogens with one attached hydrogen (secondary N) is 1. The third-order valence-corrected chi connectivity index (χ3v) is 3.02. The zero-order chi connectivity index (χ0) is 15.2. The molecule has 0 amide bonds. The Kier molecular flexibility index (Phi) is 5.22. The Morgan fingerprint density at radius 1 is 1.05 bits per heavy atom. The van der Waals surface area contributed by atoms with Crippen LogP contribution in [0.2, 0.25) is 0 Å². The molecule has 5 heteroatoms. The Balaban J connectivity index is 2.16. The molecule has 112 valence electrons. The highest BCUT2D eigenvalue weighted by Crippen LogP contribution is 2.22. The lowest BCUT2D eigenvalue weighted by Gasteiger charge is -2.13. The number of hydrogen-bond acceptors (Lipinski definition) is 2. The van der Waals surface area contributed by atoms with Crippen LogP contribution >= 0.6 is 0 Å². The topological polar surface area (TPSA) is 21.3 Å². The highest BCUT2D eigenvalue weighted by molar-refractivity contribution is 5.34. The summed E-state index contributed by atoms with van der Waals surface area (Å²) in [5, 5.41) is 3.06. The maximum atomic E-state index is 13.5. The fourth-order valence-corrected chi connectivity index (χ4v) is 1.91. The molecule has 0 saturated heterocycles. The van der Waals surface area contributed by atoms with Crippen molar-refractivity contribution < 1.29 is 17.9 Å². The van der Waals surface area contributed by atoms with Gasteiger partial charge in [-0.1, -0.05) is 13.0 Å². The number of halogens is 3. The summed E-state index contributed by atoms with van der Waals surface area (Å²) in [5.41, 5.74) is 0.463. The Morgan fingerprint density at radius 2 is 1.76 bits per heavy atom. The first-order chi connectivity index (χ1) is 10.1. The van der Waals surface area contributed by atoms with Gasteiger partial charge in [-0.15, -0.1) is 0 Å². The van der Waals surface area contributed by atoms with E-state index in [1.54, 1.807) is 0 Å². The zero-order valence-corrected chi connectivity index (χ0v) is 11.6. The Hall–Kier alpha value is -2.01. The van der Waals surface area contributed by atoms with E-state index in [0.717, 1.165) is 6.54 Å². The van der Waals surface area contributed by atoms with Crippen LogP contribution < -0.4 is 10.1 Å². The molecule has 0 spiro atoms. The van der Waals surface area contributed by atoms with Crippen LogP contribution in [0.25, 0.3) is 0 Å². The first-order valence-electron chi connectivity index (χ1n) is 6.66. The summed E-state index contributed by atoms with van der Waals surface area (Å²) in [6.45, 7) is 2.82. The smallest absolute Gasteiger partial charge is 0.132 e. The Bertz CT molecular complexity index is 596. The SMILES string of the molecule is CCNCc1cc(F)ccc1OCc1c(F)cccc1F. The minimum Gasteiger partial charge on any atom is -0.488 e. The summed E-state index contributed by atoms with van der Waals surface area (Å²) in [6, 6.07) is 7.69. The highest BCUT2D eigenvalue weighted by atomic mass is 19.1. The highest BCUT2D eigenvalue weighted by Gasteiger charge is 2.11. The molecule has 0 bridgehead atoms. The van der Waals surface area contributed by atoms with Gasteiger partial charge in [0, 0.05) is 12.1 Å². The molecular weight excluding hydrogens is 279 g/mol. The number of ether oxygens (including phenoxy) is 1. The van der Waals surface area contributed by atoms with Gasteiger partial charge in [-0.25, -0.2) is 13.2 Å². The van der Waals surface area contributed by atoms with Crippen molar-refractivity contribution in [3.05, 3.63) is 65.0 Å². The average molecular weight is 295 g/mol. The third-order valence-electron chi connectivity index (χ3n) is 3.02. The van der Waals surface area contributed by atoms with E-state index in [1.807, 2.05) is 6.92 Å². The van der Waals surface area contributed by atoms with Gasteiger partial charge in [0.2, 0.25) is 0 Å². The molecule has 2 rings (SSSR count). The van der Waals surface area contributed by atoms with Gasteiger partial charge in [0.15, 0.2) is 0 Å². The van der Waals surface area contributed by atoms with Crippen molar-refractivity contribution in [1.29, 1.82) is 0 Å². The first-order valence-corrected chi connectivity index (χ1v) is 6.66. The van der Waals surface area contributed by atoms with Gasteiger partial charge in [0.1, 0.15) is 29.8 Å². The van der Waals surface area contributed by atoms with Crippen LogP contribution in [0.5, 0.6) is 5.75 Å². The van der Waals surface area contributed by atoms with E-state index in [4.69, 9.17) is 4.74 Å². The molecule has 2 nitrogen and oxygen atoms in total. The molecule has 0 aliphatic carbocycles.